The molecule has 20 heavy (non-hydrogen) atoms. The Morgan fingerprint density at radius 1 is 1.30 bits per heavy atom. The number of aromatic nitrogens is 1. The van der Waals surface area contributed by atoms with Crippen LogP contribution in [0.15, 0.2) is 23.4 Å². The van der Waals surface area contributed by atoms with Crippen LogP contribution in [0.1, 0.15) is 0 Å². The summed E-state index contributed by atoms with van der Waals surface area (Å²) >= 11 is 0. The highest BCUT2D eigenvalue weighted by Gasteiger charge is 2.40. The van der Waals surface area contributed by atoms with E-state index in [1.54, 1.807) is 33.5 Å². The lowest BCUT2D eigenvalue weighted by molar-refractivity contribution is -0.00461. The topological polar surface area (TPSA) is 80.8 Å². The largest absolute Gasteiger partial charge is 0.387 e. The SMILES string of the molecule is CNc1ccncc1S(=O)(=O)N1CC(OC)C(OC)C1. The normalized spacial score (nSPS) is 23.9. The van der Waals surface area contributed by atoms with Crippen molar-refractivity contribution in [3.05, 3.63) is 18.5 Å². The van der Waals surface area contributed by atoms with Crippen molar-refractivity contribution in [3.63, 3.8) is 0 Å². The predicted octanol–water partition coefficient (Wildman–Crippen LogP) is 0.158. The lowest BCUT2D eigenvalue weighted by atomic mass is 10.3. The summed E-state index contributed by atoms with van der Waals surface area (Å²) in [4.78, 5) is 4.06. The van der Waals surface area contributed by atoms with Crippen molar-refractivity contribution < 1.29 is 17.9 Å². The zero-order valence-corrected chi connectivity index (χ0v) is 12.6. The van der Waals surface area contributed by atoms with Crippen LogP contribution < -0.4 is 5.32 Å². The van der Waals surface area contributed by atoms with E-state index in [2.05, 4.69) is 10.3 Å². The van der Waals surface area contributed by atoms with E-state index >= 15 is 0 Å². The van der Waals surface area contributed by atoms with Gasteiger partial charge in [-0.25, -0.2) is 8.42 Å². The fourth-order valence-electron chi connectivity index (χ4n) is 2.29. The zero-order valence-electron chi connectivity index (χ0n) is 11.7. The Balaban J connectivity index is 2.32. The standard InChI is InChI=1S/C12H19N3O4S/c1-13-9-4-5-14-6-12(9)20(16,17)15-7-10(18-2)11(8-15)19-3/h4-6,10-11H,7-8H2,1-3H3,(H,13,14). The number of hydrogen-bond acceptors (Lipinski definition) is 6. The molecule has 2 heterocycles. The molecule has 1 fully saturated rings. The maximum absolute atomic E-state index is 12.7. The third kappa shape index (κ3) is 2.64. The molecule has 1 aliphatic rings. The van der Waals surface area contributed by atoms with Crippen molar-refractivity contribution in [2.45, 2.75) is 17.1 Å². The molecule has 1 aliphatic heterocycles. The first-order valence-electron chi connectivity index (χ1n) is 6.22. The summed E-state index contributed by atoms with van der Waals surface area (Å²) < 4.78 is 37.3. The first-order valence-corrected chi connectivity index (χ1v) is 7.66. The van der Waals surface area contributed by atoms with Crippen molar-refractivity contribution in [1.82, 2.24) is 9.29 Å². The minimum Gasteiger partial charge on any atom is -0.387 e. The van der Waals surface area contributed by atoms with E-state index in [-0.39, 0.29) is 30.2 Å². The highest BCUT2D eigenvalue weighted by molar-refractivity contribution is 7.89. The summed E-state index contributed by atoms with van der Waals surface area (Å²) in [5.74, 6) is 0. The quantitative estimate of drug-likeness (QED) is 0.834. The van der Waals surface area contributed by atoms with E-state index in [9.17, 15) is 8.42 Å². The van der Waals surface area contributed by atoms with Gasteiger partial charge in [0.2, 0.25) is 10.0 Å². The molecular weight excluding hydrogens is 282 g/mol. The monoisotopic (exact) mass is 301 g/mol. The Morgan fingerprint density at radius 2 is 1.90 bits per heavy atom. The van der Waals surface area contributed by atoms with Gasteiger partial charge in [-0.2, -0.15) is 4.31 Å². The third-order valence-electron chi connectivity index (χ3n) is 3.46. The van der Waals surface area contributed by atoms with Crippen molar-refractivity contribution in [2.24, 2.45) is 0 Å². The van der Waals surface area contributed by atoms with Crippen LogP contribution in [0.2, 0.25) is 0 Å². The van der Waals surface area contributed by atoms with Gasteiger partial charge in [0.25, 0.3) is 0 Å². The van der Waals surface area contributed by atoms with E-state index in [0.29, 0.717) is 5.69 Å². The van der Waals surface area contributed by atoms with E-state index in [1.807, 2.05) is 0 Å². The molecule has 0 spiro atoms. The fraction of sp³-hybridized carbons (Fsp3) is 0.583. The summed E-state index contributed by atoms with van der Waals surface area (Å²) in [5, 5.41) is 2.87. The average Bonchev–Trinajstić information content (AvgIpc) is 2.91. The molecule has 8 heteroatoms. The Bertz CT molecular complexity index is 552. The molecule has 2 rings (SSSR count). The molecule has 1 N–H and O–H groups in total. The highest BCUT2D eigenvalue weighted by atomic mass is 32.2. The summed E-state index contributed by atoms with van der Waals surface area (Å²) in [6, 6.07) is 1.63. The Labute approximate surface area is 118 Å². The number of hydrogen-bond donors (Lipinski definition) is 1. The van der Waals surface area contributed by atoms with Crippen LogP contribution in [0.25, 0.3) is 0 Å². The molecule has 0 amide bonds. The van der Waals surface area contributed by atoms with Crippen LogP contribution in [-0.2, 0) is 19.5 Å². The second-order valence-electron chi connectivity index (χ2n) is 4.49. The lowest BCUT2D eigenvalue weighted by Crippen LogP contribution is -2.30. The van der Waals surface area contributed by atoms with Gasteiger partial charge in [-0.05, 0) is 6.07 Å². The number of nitrogens with one attached hydrogen (secondary N) is 1. The van der Waals surface area contributed by atoms with Crippen molar-refractivity contribution in [3.8, 4) is 0 Å². The zero-order chi connectivity index (χ0) is 14.8. The Morgan fingerprint density at radius 3 is 2.40 bits per heavy atom. The molecule has 0 bridgehead atoms. The molecule has 0 aliphatic carbocycles. The number of sulfonamides is 1. The van der Waals surface area contributed by atoms with Gasteiger partial charge in [0.1, 0.15) is 4.90 Å². The second-order valence-corrected chi connectivity index (χ2v) is 6.40. The third-order valence-corrected chi connectivity index (χ3v) is 5.32. The van der Waals surface area contributed by atoms with E-state index in [1.165, 1.54) is 10.5 Å². The predicted molar refractivity (Wildman–Crippen MR) is 74.1 cm³/mol. The molecule has 1 saturated heterocycles. The molecule has 1 aromatic heterocycles. The molecule has 0 radical (unpaired) electrons. The van der Waals surface area contributed by atoms with Crippen molar-refractivity contribution >= 4 is 15.7 Å². The van der Waals surface area contributed by atoms with Crippen LogP contribution in [0, 0.1) is 0 Å². The Hall–Kier alpha value is -1.22. The number of ether oxygens (including phenoxy) is 2. The minimum atomic E-state index is -3.62. The van der Waals surface area contributed by atoms with Crippen LogP contribution in [0.4, 0.5) is 5.69 Å². The maximum atomic E-state index is 12.7. The fourth-order valence-corrected chi connectivity index (χ4v) is 3.90. The van der Waals surface area contributed by atoms with Gasteiger partial charge in [-0.3, -0.25) is 4.98 Å². The van der Waals surface area contributed by atoms with Crippen LogP contribution in [-0.4, -0.2) is 64.3 Å². The van der Waals surface area contributed by atoms with Gasteiger partial charge >= 0.3 is 0 Å². The van der Waals surface area contributed by atoms with Gasteiger partial charge in [-0.1, -0.05) is 0 Å². The smallest absolute Gasteiger partial charge is 0.246 e. The molecule has 2 atom stereocenters. The van der Waals surface area contributed by atoms with Crippen LogP contribution in [0.5, 0.6) is 0 Å². The van der Waals surface area contributed by atoms with Crippen molar-refractivity contribution in [1.29, 1.82) is 0 Å². The number of rotatable bonds is 5. The summed E-state index contributed by atoms with van der Waals surface area (Å²) in [6.07, 6.45) is 2.38. The molecule has 0 saturated carbocycles. The average molecular weight is 301 g/mol. The number of methoxy groups -OCH3 is 2. The van der Waals surface area contributed by atoms with Gasteiger partial charge in [0, 0.05) is 46.8 Å². The van der Waals surface area contributed by atoms with Crippen molar-refractivity contribution in [2.75, 3.05) is 39.7 Å². The van der Waals surface area contributed by atoms with Gasteiger partial charge in [0.05, 0.1) is 17.9 Å². The summed E-state index contributed by atoms with van der Waals surface area (Å²) in [5.41, 5.74) is 0.523. The molecule has 1 aromatic rings. The maximum Gasteiger partial charge on any atom is 0.246 e. The first-order chi connectivity index (χ1) is 9.54. The second kappa shape index (κ2) is 6.04. The summed E-state index contributed by atoms with van der Waals surface area (Å²) in [7, 11) is 1.16. The summed E-state index contributed by atoms with van der Waals surface area (Å²) in [6.45, 7) is 0.546. The van der Waals surface area contributed by atoms with Gasteiger partial charge in [-0.15, -0.1) is 0 Å². The highest BCUT2D eigenvalue weighted by Crippen LogP contribution is 2.27. The van der Waals surface area contributed by atoms with Crippen LogP contribution >= 0.6 is 0 Å². The van der Waals surface area contributed by atoms with Gasteiger partial charge in [0.15, 0.2) is 0 Å². The van der Waals surface area contributed by atoms with E-state index in [4.69, 9.17) is 9.47 Å². The number of pyridine rings is 1. The minimum absolute atomic E-state index is 0.161. The van der Waals surface area contributed by atoms with E-state index < -0.39 is 10.0 Å². The van der Waals surface area contributed by atoms with E-state index in [0.717, 1.165) is 0 Å². The lowest BCUT2D eigenvalue weighted by Gasteiger charge is -2.17. The van der Waals surface area contributed by atoms with Crippen LogP contribution in [0.3, 0.4) is 0 Å². The number of nitrogens with zero attached hydrogens (tertiary/aromatic N) is 2. The molecular formula is C12H19N3O4S. The molecule has 2 unspecified atom stereocenters. The molecule has 112 valence electrons. The Kier molecular flexibility index (Phi) is 4.59. The molecule has 7 nitrogen and oxygen atoms in total. The first kappa shape index (κ1) is 15.2. The van der Waals surface area contributed by atoms with Gasteiger partial charge < -0.3 is 14.8 Å². The molecule has 0 aromatic carbocycles. The number of anilines is 1.